The first-order chi connectivity index (χ1) is 6.02. The molecule has 0 aromatic heterocycles. The maximum absolute atomic E-state index is 10.8. The van der Waals surface area contributed by atoms with E-state index in [1.54, 1.807) is 0 Å². The molecule has 5 nitrogen and oxygen atoms in total. The van der Waals surface area contributed by atoms with Crippen LogP contribution in [0.3, 0.4) is 0 Å². The third-order valence-electron chi connectivity index (χ3n) is 2.25. The van der Waals surface area contributed by atoms with Gasteiger partial charge < -0.3 is 20.6 Å². The van der Waals surface area contributed by atoms with Crippen molar-refractivity contribution in [3.63, 3.8) is 0 Å². The number of rotatable bonds is 2. The zero-order valence-electron chi connectivity index (χ0n) is 7.47. The molecule has 0 amide bonds. The van der Waals surface area contributed by atoms with Crippen LogP contribution in [0.1, 0.15) is 13.3 Å². The highest BCUT2D eigenvalue weighted by Gasteiger charge is 2.36. The number of aliphatic hydroxyl groups is 3. The molecule has 4 atom stereocenters. The van der Waals surface area contributed by atoms with Gasteiger partial charge in [-0.05, 0) is 6.92 Å². The van der Waals surface area contributed by atoms with E-state index in [1.807, 2.05) is 0 Å². The molecule has 0 aliphatic carbocycles. The Morgan fingerprint density at radius 3 is 2.54 bits per heavy atom. The van der Waals surface area contributed by atoms with Gasteiger partial charge in [0, 0.05) is 19.0 Å². The Labute approximate surface area is 76.4 Å². The fourth-order valence-corrected chi connectivity index (χ4v) is 1.48. The van der Waals surface area contributed by atoms with Crippen molar-refractivity contribution in [1.82, 2.24) is 5.32 Å². The summed E-state index contributed by atoms with van der Waals surface area (Å²) < 4.78 is 0. The van der Waals surface area contributed by atoms with Crippen molar-refractivity contribution in [1.29, 1.82) is 0 Å². The highest BCUT2D eigenvalue weighted by atomic mass is 16.4. The summed E-state index contributed by atoms with van der Waals surface area (Å²) in [7, 11) is 0. The van der Waals surface area contributed by atoms with E-state index in [0.717, 1.165) is 0 Å². The van der Waals surface area contributed by atoms with Crippen LogP contribution in [0, 0.1) is 0 Å². The zero-order valence-corrected chi connectivity index (χ0v) is 7.47. The molecule has 4 N–H and O–H groups in total. The van der Waals surface area contributed by atoms with Crippen molar-refractivity contribution in [2.45, 2.75) is 37.7 Å². The SMILES string of the molecule is CC(=O)CC1NCC(O)C(O)C1O. The molecule has 1 fully saturated rings. The molecule has 0 aromatic rings. The minimum Gasteiger partial charge on any atom is -0.389 e. The van der Waals surface area contributed by atoms with Crippen LogP contribution < -0.4 is 5.32 Å². The number of hydrogen-bond acceptors (Lipinski definition) is 5. The molecule has 0 spiro atoms. The Balaban J connectivity index is 2.53. The highest BCUT2D eigenvalue weighted by Crippen LogP contribution is 2.13. The minimum atomic E-state index is -1.16. The molecular weight excluding hydrogens is 174 g/mol. The molecule has 1 heterocycles. The molecule has 5 heteroatoms. The molecule has 1 aliphatic heterocycles. The van der Waals surface area contributed by atoms with Gasteiger partial charge in [0.05, 0.1) is 12.2 Å². The van der Waals surface area contributed by atoms with Crippen LogP contribution in [-0.2, 0) is 4.79 Å². The first-order valence-corrected chi connectivity index (χ1v) is 4.29. The first kappa shape index (κ1) is 10.6. The van der Waals surface area contributed by atoms with E-state index in [-0.39, 0.29) is 18.7 Å². The number of carbonyl (C=O) groups is 1. The third-order valence-corrected chi connectivity index (χ3v) is 2.25. The second kappa shape index (κ2) is 4.15. The Morgan fingerprint density at radius 2 is 2.00 bits per heavy atom. The molecule has 1 saturated heterocycles. The number of hydrogen-bond donors (Lipinski definition) is 4. The smallest absolute Gasteiger partial charge is 0.131 e. The van der Waals surface area contributed by atoms with E-state index >= 15 is 0 Å². The lowest BCUT2D eigenvalue weighted by molar-refractivity contribution is -0.123. The average molecular weight is 189 g/mol. The number of aliphatic hydroxyl groups excluding tert-OH is 3. The number of piperidine rings is 1. The lowest BCUT2D eigenvalue weighted by Crippen LogP contribution is -2.59. The van der Waals surface area contributed by atoms with Crippen molar-refractivity contribution in [2.75, 3.05) is 6.54 Å². The lowest BCUT2D eigenvalue weighted by atomic mass is 9.93. The summed E-state index contributed by atoms with van der Waals surface area (Å²) in [6.07, 6.45) is -3.03. The fraction of sp³-hybridized carbons (Fsp3) is 0.875. The first-order valence-electron chi connectivity index (χ1n) is 4.29. The molecule has 1 rings (SSSR count). The maximum Gasteiger partial charge on any atom is 0.131 e. The number of ketones is 1. The topological polar surface area (TPSA) is 89.8 Å². The third kappa shape index (κ3) is 2.47. The predicted molar refractivity (Wildman–Crippen MR) is 45.1 cm³/mol. The summed E-state index contributed by atoms with van der Waals surface area (Å²) in [6, 6.07) is -0.448. The highest BCUT2D eigenvalue weighted by molar-refractivity contribution is 5.76. The van der Waals surface area contributed by atoms with E-state index in [1.165, 1.54) is 6.92 Å². The van der Waals surface area contributed by atoms with Crippen molar-refractivity contribution < 1.29 is 20.1 Å². The van der Waals surface area contributed by atoms with Crippen molar-refractivity contribution in [3.8, 4) is 0 Å². The Kier molecular flexibility index (Phi) is 3.38. The Hall–Kier alpha value is -0.490. The minimum absolute atomic E-state index is 0.0554. The van der Waals surface area contributed by atoms with Crippen molar-refractivity contribution >= 4 is 5.78 Å². The Bertz CT molecular complexity index is 197. The monoisotopic (exact) mass is 189 g/mol. The van der Waals surface area contributed by atoms with Crippen molar-refractivity contribution in [3.05, 3.63) is 0 Å². The molecule has 4 unspecified atom stereocenters. The van der Waals surface area contributed by atoms with Gasteiger partial charge in [-0.25, -0.2) is 0 Å². The van der Waals surface area contributed by atoms with Gasteiger partial charge in [-0.2, -0.15) is 0 Å². The van der Waals surface area contributed by atoms with Crippen LogP contribution in [0.15, 0.2) is 0 Å². The number of Topliss-reactive ketones (excluding diaryl/α,β-unsaturated/α-hetero) is 1. The molecule has 0 bridgehead atoms. The van der Waals surface area contributed by atoms with Crippen LogP contribution in [-0.4, -0.2) is 52.0 Å². The average Bonchev–Trinajstić information content (AvgIpc) is 2.06. The molecule has 0 radical (unpaired) electrons. The van der Waals surface area contributed by atoms with E-state index < -0.39 is 24.4 Å². The second-order valence-corrected chi connectivity index (χ2v) is 3.47. The number of carbonyl (C=O) groups excluding carboxylic acids is 1. The van der Waals surface area contributed by atoms with Crippen LogP contribution in [0.2, 0.25) is 0 Å². The van der Waals surface area contributed by atoms with Crippen LogP contribution in [0.25, 0.3) is 0 Å². The largest absolute Gasteiger partial charge is 0.389 e. The van der Waals surface area contributed by atoms with Crippen LogP contribution in [0.5, 0.6) is 0 Å². The van der Waals surface area contributed by atoms with E-state index in [4.69, 9.17) is 5.11 Å². The summed E-state index contributed by atoms with van der Waals surface area (Å²) >= 11 is 0. The van der Waals surface area contributed by atoms with Gasteiger partial charge in [-0.15, -0.1) is 0 Å². The number of β-amino-alcohol motifs (C(OH)–C–C–N with tert-alkyl or cyclic N) is 1. The van der Waals surface area contributed by atoms with Gasteiger partial charge in [0.2, 0.25) is 0 Å². The van der Waals surface area contributed by atoms with E-state index in [0.29, 0.717) is 0 Å². The molecular formula is C8H15NO4. The summed E-state index contributed by atoms with van der Waals surface area (Å²) in [5.74, 6) is -0.0554. The molecule has 0 saturated carbocycles. The summed E-state index contributed by atoms with van der Waals surface area (Å²) in [6.45, 7) is 1.63. The standard InChI is InChI=1S/C8H15NO4/c1-4(10)2-5-7(12)8(13)6(11)3-9-5/h5-9,11-13H,2-3H2,1H3. The van der Waals surface area contributed by atoms with Crippen LogP contribution >= 0.6 is 0 Å². The van der Waals surface area contributed by atoms with Gasteiger partial charge in [0.1, 0.15) is 11.9 Å². The Morgan fingerprint density at radius 1 is 1.38 bits per heavy atom. The van der Waals surface area contributed by atoms with Crippen molar-refractivity contribution in [2.24, 2.45) is 0 Å². The molecule has 1 aliphatic rings. The second-order valence-electron chi connectivity index (χ2n) is 3.47. The maximum atomic E-state index is 10.8. The van der Waals surface area contributed by atoms with Gasteiger partial charge in [-0.3, -0.25) is 4.79 Å². The van der Waals surface area contributed by atoms with Gasteiger partial charge >= 0.3 is 0 Å². The zero-order chi connectivity index (χ0) is 10.0. The normalized spacial score (nSPS) is 40.3. The van der Waals surface area contributed by atoms with E-state index in [2.05, 4.69) is 5.32 Å². The summed E-state index contributed by atoms with van der Waals surface area (Å²) in [5.41, 5.74) is 0. The van der Waals surface area contributed by atoms with Gasteiger partial charge in [0.25, 0.3) is 0 Å². The van der Waals surface area contributed by atoms with Crippen LogP contribution in [0.4, 0.5) is 0 Å². The lowest BCUT2D eigenvalue weighted by Gasteiger charge is -2.35. The molecule has 0 aromatic carbocycles. The molecule has 76 valence electrons. The van der Waals surface area contributed by atoms with Gasteiger partial charge in [-0.1, -0.05) is 0 Å². The molecule has 13 heavy (non-hydrogen) atoms. The fourth-order valence-electron chi connectivity index (χ4n) is 1.48. The van der Waals surface area contributed by atoms with Gasteiger partial charge in [0.15, 0.2) is 0 Å². The van der Waals surface area contributed by atoms with E-state index in [9.17, 15) is 15.0 Å². The quantitative estimate of drug-likeness (QED) is 0.404. The number of nitrogens with one attached hydrogen (secondary N) is 1. The predicted octanol–water partition coefficient (Wildman–Crippen LogP) is -1.98. The summed E-state index contributed by atoms with van der Waals surface area (Å²) in [5, 5.41) is 30.7. The summed E-state index contributed by atoms with van der Waals surface area (Å²) in [4.78, 5) is 10.8.